The molecule has 1 unspecified atom stereocenters. The zero-order chi connectivity index (χ0) is 12.1. The summed E-state index contributed by atoms with van der Waals surface area (Å²) in [7, 11) is 0. The van der Waals surface area contributed by atoms with Crippen molar-refractivity contribution >= 4 is 5.91 Å². The number of carbonyl (C=O) groups excluding carboxylic acids is 1. The molecule has 3 heteroatoms. The summed E-state index contributed by atoms with van der Waals surface area (Å²) in [5, 5.41) is 0. The van der Waals surface area contributed by atoms with Crippen LogP contribution < -0.4 is 10.5 Å². The summed E-state index contributed by atoms with van der Waals surface area (Å²) < 4.78 is 5.64. The molecule has 0 heterocycles. The molecule has 1 amide bonds. The molecule has 0 saturated heterocycles. The maximum Gasteiger partial charge on any atom is 0.258 e. The maximum atomic E-state index is 11.1. The Morgan fingerprint density at radius 2 is 2.00 bits per heavy atom. The minimum Gasteiger partial charge on any atom is -0.480 e. The van der Waals surface area contributed by atoms with Gasteiger partial charge in [0.2, 0.25) is 0 Å². The lowest BCUT2D eigenvalue weighted by Crippen LogP contribution is -2.33. The van der Waals surface area contributed by atoms with Crippen molar-refractivity contribution in [1.29, 1.82) is 0 Å². The van der Waals surface area contributed by atoms with Crippen molar-refractivity contribution in [3.8, 4) is 5.75 Å². The topological polar surface area (TPSA) is 52.3 Å². The van der Waals surface area contributed by atoms with Crippen LogP contribution in [-0.4, -0.2) is 12.0 Å². The van der Waals surface area contributed by atoms with Crippen molar-refractivity contribution in [2.24, 2.45) is 5.73 Å². The van der Waals surface area contributed by atoms with Crippen molar-refractivity contribution in [1.82, 2.24) is 0 Å². The van der Waals surface area contributed by atoms with Gasteiger partial charge in [0.05, 0.1) is 0 Å². The molecule has 0 saturated carbocycles. The molecule has 0 aliphatic rings. The second-order valence-electron chi connectivity index (χ2n) is 4.11. The molecular formula is C13H19NO2. The fourth-order valence-electron chi connectivity index (χ4n) is 1.56. The Bertz CT molecular complexity index is 361. The molecule has 1 rings (SSSR count). The van der Waals surface area contributed by atoms with Crippen molar-refractivity contribution in [3.05, 3.63) is 29.8 Å². The van der Waals surface area contributed by atoms with Gasteiger partial charge in [0.25, 0.3) is 5.91 Å². The minimum absolute atomic E-state index is 0.363. The van der Waals surface area contributed by atoms with E-state index in [1.807, 2.05) is 31.2 Å². The van der Waals surface area contributed by atoms with E-state index in [9.17, 15) is 4.79 Å². The number of carbonyl (C=O) groups is 1. The number of hydrogen-bond acceptors (Lipinski definition) is 2. The first-order valence-electron chi connectivity index (χ1n) is 5.61. The average Bonchev–Trinajstić information content (AvgIpc) is 2.25. The monoisotopic (exact) mass is 221 g/mol. The van der Waals surface area contributed by atoms with Crippen molar-refractivity contribution in [2.75, 3.05) is 0 Å². The predicted octanol–water partition coefficient (Wildman–Crippen LogP) is 2.45. The number of rotatable bonds is 5. The van der Waals surface area contributed by atoms with Gasteiger partial charge in [-0.1, -0.05) is 39.0 Å². The third-order valence-corrected chi connectivity index (χ3v) is 2.50. The van der Waals surface area contributed by atoms with Crippen molar-refractivity contribution in [2.45, 2.75) is 39.2 Å². The number of primary amides is 1. The predicted molar refractivity (Wildman–Crippen MR) is 64.4 cm³/mol. The van der Waals surface area contributed by atoms with E-state index in [-0.39, 0.29) is 0 Å². The van der Waals surface area contributed by atoms with E-state index >= 15 is 0 Å². The van der Waals surface area contributed by atoms with Crippen LogP contribution >= 0.6 is 0 Å². The van der Waals surface area contributed by atoms with Gasteiger partial charge >= 0.3 is 0 Å². The van der Waals surface area contributed by atoms with Gasteiger partial charge in [-0.2, -0.15) is 0 Å². The highest BCUT2D eigenvalue weighted by Gasteiger charge is 2.16. The summed E-state index contributed by atoms with van der Waals surface area (Å²) >= 11 is 0. The second-order valence-corrected chi connectivity index (χ2v) is 4.11. The third-order valence-electron chi connectivity index (χ3n) is 2.50. The van der Waals surface area contributed by atoms with Crippen LogP contribution in [0.5, 0.6) is 5.75 Å². The average molecular weight is 221 g/mol. The summed E-state index contributed by atoms with van der Waals surface area (Å²) in [6.07, 6.45) is 0.0433. The maximum absolute atomic E-state index is 11.1. The summed E-state index contributed by atoms with van der Waals surface area (Å²) in [5.41, 5.74) is 6.36. The van der Waals surface area contributed by atoms with Gasteiger partial charge in [0, 0.05) is 0 Å². The lowest BCUT2D eigenvalue weighted by atomic mass is 10.0. The molecule has 3 nitrogen and oxygen atoms in total. The van der Waals surface area contributed by atoms with Gasteiger partial charge in [0.1, 0.15) is 5.75 Å². The number of ether oxygens (including phenoxy) is 1. The smallest absolute Gasteiger partial charge is 0.258 e. The molecule has 2 N–H and O–H groups in total. The molecule has 0 fully saturated rings. The Morgan fingerprint density at radius 3 is 2.50 bits per heavy atom. The number of para-hydroxylation sites is 1. The van der Waals surface area contributed by atoms with Crippen LogP contribution in [0.1, 0.15) is 38.7 Å². The van der Waals surface area contributed by atoms with Gasteiger partial charge < -0.3 is 10.5 Å². The summed E-state index contributed by atoms with van der Waals surface area (Å²) in [6, 6.07) is 7.75. The van der Waals surface area contributed by atoms with Gasteiger partial charge in [-0.05, 0) is 24.0 Å². The number of hydrogen-bond donors (Lipinski definition) is 1. The molecule has 0 aromatic heterocycles. The normalized spacial score (nSPS) is 12.5. The van der Waals surface area contributed by atoms with E-state index in [4.69, 9.17) is 10.5 Å². The first-order valence-corrected chi connectivity index (χ1v) is 5.61. The van der Waals surface area contributed by atoms with Gasteiger partial charge in [-0.15, -0.1) is 0 Å². The van der Waals surface area contributed by atoms with Crippen molar-refractivity contribution in [3.63, 3.8) is 0 Å². The van der Waals surface area contributed by atoms with E-state index in [1.54, 1.807) is 0 Å². The Morgan fingerprint density at radius 1 is 1.38 bits per heavy atom. The van der Waals surface area contributed by atoms with E-state index in [0.29, 0.717) is 12.3 Å². The standard InChI is InChI=1S/C13H19NO2/c1-4-11(13(14)15)16-12-8-6-5-7-10(12)9(2)3/h5-9,11H,4H2,1-3H3,(H2,14,15). The highest BCUT2D eigenvalue weighted by atomic mass is 16.5. The fraction of sp³-hybridized carbons (Fsp3) is 0.462. The molecule has 0 radical (unpaired) electrons. The fourth-order valence-corrected chi connectivity index (χ4v) is 1.56. The number of nitrogens with two attached hydrogens (primary N) is 1. The van der Waals surface area contributed by atoms with Gasteiger partial charge in [-0.25, -0.2) is 0 Å². The first kappa shape index (κ1) is 12.6. The highest BCUT2D eigenvalue weighted by Crippen LogP contribution is 2.26. The van der Waals surface area contributed by atoms with Crippen LogP contribution in [0.3, 0.4) is 0 Å². The molecule has 1 aromatic carbocycles. The van der Waals surface area contributed by atoms with E-state index in [1.165, 1.54) is 0 Å². The SMILES string of the molecule is CCC(Oc1ccccc1C(C)C)C(N)=O. The first-order chi connectivity index (χ1) is 7.56. The largest absolute Gasteiger partial charge is 0.480 e. The number of amides is 1. The second kappa shape index (κ2) is 5.54. The molecule has 1 atom stereocenters. The Balaban J connectivity index is 2.91. The van der Waals surface area contributed by atoms with Crippen molar-refractivity contribution < 1.29 is 9.53 Å². The molecular weight excluding hydrogens is 202 g/mol. The van der Waals surface area contributed by atoms with Crippen LogP contribution in [0.2, 0.25) is 0 Å². The summed E-state index contributed by atoms with van der Waals surface area (Å²) in [5.74, 6) is 0.700. The Kier molecular flexibility index (Phi) is 4.35. The van der Waals surface area contributed by atoms with E-state index < -0.39 is 12.0 Å². The van der Waals surface area contributed by atoms with Gasteiger partial charge in [-0.3, -0.25) is 4.79 Å². The lowest BCUT2D eigenvalue weighted by Gasteiger charge is -2.18. The minimum atomic E-state index is -0.542. The zero-order valence-corrected chi connectivity index (χ0v) is 10.1. The quantitative estimate of drug-likeness (QED) is 0.830. The van der Waals surface area contributed by atoms with Crippen LogP contribution in [0.25, 0.3) is 0 Å². The third kappa shape index (κ3) is 2.99. The molecule has 16 heavy (non-hydrogen) atoms. The molecule has 0 spiro atoms. The zero-order valence-electron chi connectivity index (χ0n) is 10.1. The molecule has 1 aromatic rings. The van der Waals surface area contributed by atoms with Crippen LogP contribution in [-0.2, 0) is 4.79 Å². The summed E-state index contributed by atoms with van der Waals surface area (Å²) in [6.45, 7) is 6.06. The molecule has 0 bridgehead atoms. The molecule has 0 aliphatic carbocycles. The van der Waals surface area contributed by atoms with Crippen LogP contribution in [0.4, 0.5) is 0 Å². The van der Waals surface area contributed by atoms with Crippen LogP contribution in [0.15, 0.2) is 24.3 Å². The molecule has 0 aliphatic heterocycles. The Hall–Kier alpha value is -1.51. The highest BCUT2D eigenvalue weighted by molar-refractivity contribution is 5.79. The van der Waals surface area contributed by atoms with Crippen LogP contribution in [0, 0.1) is 0 Å². The number of benzene rings is 1. The lowest BCUT2D eigenvalue weighted by molar-refractivity contribution is -0.124. The van der Waals surface area contributed by atoms with Gasteiger partial charge in [0.15, 0.2) is 6.10 Å². The summed E-state index contributed by atoms with van der Waals surface area (Å²) in [4.78, 5) is 11.1. The van der Waals surface area contributed by atoms with E-state index in [0.717, 1.165) is 11.3 Å². The Labute approximate surface area is 96.6 Å². The molecule has 88 valence electrons. The van der Waals surface area contributed by atoms with E-state index in [2.05, 4.69) is 13.8 Å².